The lowest BCUT2D eigenvalue weighted by Gasteiger charge is -2.17. The fourth-order valence-corrected chi connectivity index (χ4v) is 2.96. The molecule has 7 heteroatoms. The van der Waals surface area contributed by atoms with Crippen LogP contribution in [0.4, 0.5) is 11.5 Å². The monoisotopic (exact) mass is 357 g/mol. The minimum Gasteiger partial charge on any atom is -0.366 e. The fourth-order valence-electron chi connectivity index (χ4n) is 2.75. The fraction of sp³-hybridized carbons (Fsp3) is 0.278. The summed E-state index contributed by atoms with van der Waals surface area (Å²) in [5.74, 6) is 0.908. The minimum absolute atomic E-state index is 0.0448. The van der Waals surface area contributed by atoms with Crippen LogP contribution in [0.5, 0.6) is 0 Å². The van der Waals surface area contributed by atoms with E-state index in [1.165, 1.54) is 12.3 Å². The maximum atomic E-state index is 11.2. The number of nitrogens with zero attached hydrogens (tertiary/aromatic N) is 3. The molecular formula is C18H20ClN5O. The molecule has 0 saturated carbocycles. The summed E-state index contributed by atoms with van der Waals surface area (Å²) in [5.41, 5.74) is 8.21. The van der Waals surface area contributed by atoms with Gasteiger partial charge in [0.05, 0.1) is 21.6 Å². The zero-order chi connectivity index (χ0) is 18.4. The molecule has 0 atom stereocenters. The van der Waals surface area contributed by atoms with E-state index in [2.05, 4.69) is 35.6 Å². The number of aryl methyl sites for hydroxylation is 1. The maximum Gasteiger partial charge on any atom is 0.250 e. The average molecular weight is 358 g/mol. The summed E-state index contributed by atoms with van der Waals surface area (Å²) < 4.78 is 2.10. The highest BCUT2D eigenvalue weighted by molar-refractivity contribution is 6.33. The minimum atomic E-state index is -0.564. The molecule has 0 aliphatic rings. The predicted molar refractivity (Wildman–Crippen MR) is 100 cm³/mol. The van der Waals surface area contributed by atoms with Crippen molar-refractivity contribution in [3.8, 4) is 0 Å². The molecule has 0 aliphatic heterocycles. The molecule has 1 aromatic carbocycles. The predicted octanol–water partition coefficient (Wildman–Crippen LogP) is 3.76. The standard InChI is InChI=1S/C18H20ClN5O/c1-18(2,3)17-23-13-8-11(5-6-14(13)24(17)4)22-16-12(19)7-10(9-21-16)15(20)25/h5-9H,1-4H3,(H2,20,25)(H,21,22). The lowest BCUT2D eigenvalue weighted by atomic mass is 9.96. The number of aromatic nitrogens is 3. The Morgan fingerprint density at radius 1 is 1.28 bits per heavy atom. The first-order valence-electron chi connectivity index (χ1n) is 7.86. The normalized spacial score (nSPS) is 11.7. The molecule has 0 saturated heterocycles. The van der Waals surface area contributed by atoms with Crippen LogP contribution >= 0.6 is 11.6 Å². The van der Waals surface area contributed by atoms with Crippen molar-refractivity contribution in [3.63, 3.8) is 0 Å². The number of pyridine rings is 1. The lowest BCUT2D eigenvalue weighted by Crippen LogP contribution is -2.17. The highest BCUT2D eigenvalue weighted by Gasteiger charge is 2.21. The van der Waals surface area contributed by atoms with Crippen molar-refractivity contribution >= 4 is 40.0 Å². The van der Waals surface area contributed by atoms with E-state index in [9.17, 15) is 4.79 Å². The molecule has 3 N–H and O–H groups in total. The zero-order valence-corrected chi connectivity index (χ0v) is 15.3. The van der Waals surface area contributed by atoms with Crippen molar-refractivity contribution in [3.05, 3.63) is 46.9 Å². The number of benzene rings is 1. The van der Waals surface area contributed by atoms with E-state index in [1.54, 1.807) is 0 Å². The Bertz CT molecular complexity index is 971. The van der Waals surface area contributed by atoms with E-state index in [4.69, 9.17) is 22.3 Å². The second-order valence-electron chi connectivity index (χ2n) is 6.99. The third-order valence-corrected chi connectivity index (χ3v) is 4.23. The van der Waals surface area contributed by atoms with Crippen molar-refractivity contribution < 1.29 is 4.79 Å². The summed E-state index contributed by atoms with van der Waals surface area (Å²) in [6, 6.07) is 7.39. The first-order chi connectivity index (χ1) is 11.7. The smallest absolute Gasteiger partial charge is 0.250 e. The van der Waals surface area contributed by atoms with Crippen molar-refractivity contribution in [2.24, 2.45) is 12.8 Å². The number of fused-ring (bicyclic) bond motifs is 1. The number of anilines is 2. The van der Waals surface area contributed by atoms with Gasteiger partial charge in [0.15, 0.2) is 0 Å². The maximum absolute atomic E-state index is 11.2. The summed E-state index contributed by atoms with van der Waals surface area (Å²) >= 11 is 6.18. The number of hydrogen-bond donors (Lipinski definition) is 2. The van der Waals surface area contributed by atoms with Crippen molar-refractivity contribution in [2.75, 3.05) is 5.32 Å². The molecule has 3 rings (SSSR count). The Hall–Kier alpha value is -2.60. The Morgan fingerprint density at radius 3 is 2.60 bits per heavy atom. The number of halogens is 1. The first kappa shape index (κ1) is 17.2. The van der Waals surface area contributed by atoms with Gasteiger partial charge < -0.3 is 15.6 Å². The van der Waals surface area contributed by atoms with Gasteiger partial charge in [0, 0.05) is 24.3 Å². The Labute approximate surface area is 151 Å². The van der Waals surface area contributed by atoms with E-state index in [-0.39, 0.29) is 11.0 Å². The average Bonchev–Trinajstić information content (AvgIpc) is 2.86. The summed E-state index contributed by atoms with van der Waals surface area (Å²) in [6.07, 6.45) is 1.40. The Morgan fingerprint density at radius 2 is 2.00 bits per heavy atom. The van der Waals surface area contributed by atoms with Crippen LogP contribution in [-0.2, 0) is 12.5 Å². The van der Waals surface area contributed by atoms with Gasteiger partial charge in [-0.3, -0.25) is 4.79 Å². The van der Waals surface area contributed by atoms with Crippen LogP contribution in [0.1, 0.15) is 37.0 Å². The third-order valence-electron chi connectivity index (χ3n) is 3.94. The molecule has 1 amide bonds. The summed E-state index contributed by atoms with van der Waals surface area (Å²) in [7, 11) is 2.02. The Balaban J connectivity index is 1.96. The first-order valence-corrected chi connectivity index (χ1v) is 8.24. The molecule has 0 radical (unpaired) electrons. The van der Waals surface area contributed by atoms with Gasteiger partial charge in [-0.05, 0) is 24.3 Å². The summed E-state index contributed by atoms with van der Waals surface area (Å²) in [6.45, 7) is 6.41. The molecule has 3 aromatic rings. The highest BCUT2D eigenvalue weighted by atomic mass is 35.5. The van der Waals surface area contributed by atoms with Crippen LogP contribution in [0.3, 0.4) is 0 Å². The number of hydrogen-bond acceptors (Lipinski definition) is 4. The van der Waals surface area contributed by atoms with E-state index < -0.39 is 5.91 Å². The molecule has 0 unspecified atom stereocenters. The largest absolute Gasteiger partial charge is 0.366 e. The van der Waals surface area contributed by atoms with Crippen LogP contribution in [0.15, 0.2) is 30.5 Å². The molecule has 0 aliphatic carbocycles. The SMILES string of the molecule is Cn1c(C(C)(C)C)nc2cc(Nc3ncc(C(N)=O)cc3Cl)ccc21. The number of amides is 1. The molecule has 2 aromatic heterocycles. The van der Waals surface area contributed by atoms with Gasteiger partial charge in [-0.1, -0.05) is 32.4 Å². The lowest BCUT2D eigenvalue weighted by molar-refractivity contribution is 0.1000. The van der Waals surface area contributed by atoms with Crippen molar-refractivity contribution in [1.82, 2.24) is 14.5 Å². The van der Waals surface area contributed by atoms with Gasteiger partial charge >= 0.3 is 0 Å². The second kappa shape index (κ2) is 6.04. The van der Waals surface area contributed by atoms with Crippen LogP contribution < -0.4 is 11.1 Å². The van der Waals surface area contributed by atoms with Gasteiger partial charge in [0.2, 0.25) is 5.91 Å². The van der Waals surface area contributed by atoms with Crippen LogP contribution in [-0.4, -0.2) is 20.4 Å². The van der Waals surface area contributed by atoms with Gasteiger partial charge in [-0.15, -0.1) is 0 Å². The van der Waals surface area contributed by atoms with Gasteiger partial charge in [0.1, 0.15) is 11.6 Å². The number of carbonyl (C=O) groups excluding carboxylic acids is 1. The molecule has 0 fully saturated rings. The molecule has 0 spiro atoms. The summed E-state index contributed by atoms with van der Waals surface area (Å²) in [4.78, 5) is 20.1. The van der Waals surface area contributed by atoms with Crippen molar-refractivity contribution in [2.45, 2.75) is 26.2 Å². The molecule has 130 valence electrons. The quantitative estimate of drug-likeness (QED) is 0.747. The number of nitrogens with one attached hydrogen (secondary N) is 1. The number of nitrogens with two attached hydrogens (primary N) is 1. The topological polar surface area (TPSA) is 85.8 Å². The van der Waals surface area contributed by atoms with Gasteiger partial charge in [-0.25, -0.2) is 9.97 Å². The van der Waals surface area contributed by atoms with Gasteiger partial charge in [0.25, 0.3) is 0 Å². The van der Waals surface area contributed by atoms with E-state index in [1.807, 2.05) is 25.2 Å². The van der Waals surface area contributed by atoms with E-state index >= 15 is 0 Å². The van der Waals surface area contributed by atoms with E-state index in [0.717, 1.165) is 22.5 Å². The second-order valence-corrected chi connectivity index (χ2v) is 7.40. The molecule has 25 heavy (non-hydrogen) atoms. The highest BCUT2D eigenvalue weighted by Crippen LogP contribution is 2.29. The van der Waals surface area contributed by atoms with Gasteiger partial charge in [-0.2, -0.15) is 0 Å². The summed E-state index contributed by atoms with van der Waals surface area (Å²) in [5, 5.41) is 3.48. The van der Waals surface area contributed by atoms with Crippen LogP contribution in [0.2, 0.25) is 5.02 Å². The third kappa shape index (κ3) is 3.30. The Kier molecular flexibility index (Phi) is 4.16. The molecule has 0 bridgehead atoms. The van der Waals surface area contributed by atoms with Crippen LogP contribution in [0.25, 0.3) is 11.0 Å². The van der Waals surface area contributed by atoms with Crippen molar-refractivity contribution in [1.29, 1.82) is 0 Å². The number of rotatable bonds is 3. The number of carbonyl (C=O) groups is 1. The molecular weight excluding hydrogens is 338 g/mol. The number of imidazole rings is 1. The number of primary amides is 1. The zero-order valence-electron chi connectivity index (χ0n) is 14.6. The van der Waals surface area contributed by atoms with Crippen LogP contribution in [0, 0.1) is 0 Å². The van der Waals surface area contributed by atoms with E-state index in [0.29, 0.717) is 10.8 Å². The molecule has 2 heterocycles. The molecule has 6 nitrogen and oxygen atoms in total.